The molecule has 1 N–H and O–H groups in total. The first-order valence-electron chi connectivity index (χ1n) is 11.1. The topological polar surface area (TPSA) is 77.8 Å². The number of halogens is 3. The molecular weight excluding hydrogens is 469 g/mol. The first-order valence-corrected chi connectivity index (χ1v) is 11.1. The van der Waals surface area contributed by atoms with Crippen LogP contribution >= 0.6 is 0 Å². The van der Waals surface area contributed by atoms with E-state index in [1.807, 2.05) is 36.4 Å². The van der Waals surface area contributed by atoms with E-state index in [0.29, 0.717) is 47.2 Å². The summed E-state index contributed by atoms with van der Waals surface area (Å²) < 4.78 is 45.9. The van der Waals surface area contributed by atoms with Crippen molar-refractivity contribution in [3.63, 3.8) is 0 Å². The molecule has 0 atom stereocenters. The van der Waals surface area contributed by atoms with Gasteiger partial charge in [0.25, 0.3) is 0 Å². The van der Waals surface area contributed by atoms with Crippen LogP contribution in [0.4, 0.5) is 19.0 Å². The van der Waals surface area contributed by atoms with Crippen LogP contribution in [0.15, 0.2) is 79.4 Å². The number of alkyl halides is 3. The van der Waals surface area contributed by atoms with Crippen LogP contribution in [0.1, 0.15) is 16.7 Å². The van der Waals surface area contributed by atoms with E-state index in [9.17, 15) is 13.2 Å². The maximum absolute atomic E-state index is 12.9. The number of fused-ring (bicyclic) bond motifs is 1. The molecule has 3 heterocycles. The lowest BCUT2D eigenvalue weighted by Gasteiger charge is -2.11. The predicted octanol–water partition coefficient (Wildman–Crippen LogP) is 5.58. The molecule has 0 amide bonds. The third-order valence-electron chi connectivity index (χ3n) is 5.63. The third-order valence-corrected chi connectivity index (χ3v) is 5.63. The van der Waals surface area contributed by atoms with Gasteiger partial charge in [-0.05, 0) is 53.6 Å². The van der Waals surface area contributed by atoms with E-state index in [1.165, 1.54) is 12.1 Å². The molecule has 2 aromatic carbocycles. The highest BCUT2D eigenvalue weighted by Gasteiger charge is 2.30. The van der Waals surface area contributed by atoms with Crippen molar-refractivity contribution < 1.29 is 17.9 Å². The second kappa shape index (κ2) is 9.65. The van der Waals surface area contributed by atoms with Crippen molar-refractivity contribution in [1.29, 1.82) is 0 Å². The Balaban J connectivity index is 1.52. The van der Waals surface area contributed by atoms with Crippen molar-refractivity contribution >= 4 is 17.0 Å². The van der Waals surface area contributed by atoms with Crippen molar-refractivity contribution in [2.75, 3.05) is 12.4 Å². The number of hydrogen-bond acceptors (Lipinski definition) is 6. The SMILES string of the molecule is COc1ccc(-c2nc(NCc3cccnc3)c3ncn(Cc4ccc(C(F)(F)F)cc4)c3n2)cc1. The highest BCUT2D eigenvalue weighted by atomic mass is 19.4. The summed E-state index contributed by atoms with van der Waals surface area (Å²) in [6, 6.07) is 16.3. The first-order chi connectivity index (χ1) is 17.4. The van der Waals surface area contributed by atoms with Gasteiger partial charge in [0.1, 0.15) is 11.3 Å². The average Bonchev–Trinajstić information content (AvgIpc) is 3.30. The minimum atomic E-state index is -4.38. The summed E-state index contributed by atoms with van der Waals surface area (Å²) in [5.74, 6) is 1.73. The largest absolute Gasteiger partial charge is 0.497 e. The molecule has 0 saturated carbocycles. The molecule has 0 aliphatic carbocycles. The number of nitrogens with one attached hydrogen (secondary N) is 1. The fourth-order valence-corrected chi connectivity index (χ4v) is 3.74. The lowest BCUT2D eigenvalue weighted by atomic mass is 10.1. The van der Waals surface area contributed by atoms with E-state index in [1.54, 1.807) is 30.4 Å². The Kier molecular flexibility index (Phi) is 6.24. The van der Waals surface area contributed by atoms with Crippen molar-refractivity contribution in [2.24, 2.45) is 0 Å². The molecule has 3 aromatic heterocycles. The number of benzene rings is 2. The van der Waals surface area contributed by atoms with Crippen molar-refractivity contribution in [1.82, 2.24) is 24.5 Å². The van der Waals surface area contributed by atoms with Gasteiger partial charge < -0.3 is 14.6 Å². The van der Waals surface area contributed by atoms with Crippen LogP contribution in [0.5, 0.6) is 5.75 Å². The molecule has 0 aliphatic rings. The smallest absolute Gasteiger partial charge is 0.416 e. The Morgan fingerprint density at radius 1 is 0.944 bits per heavy atom. The van der Waals surface area contributed by atoms with Gasteiger partial charge in [-0.3, -0.25) is 4.98 Å². The lowest BCUT2D eigenvalue weighted by Crippen LogP contribution is -2.07. The molecule has 7 nitrogen and oxygen atoms in total. The van der Waals surface area contributed by atoms with E-state index in [-0.39, 0.29) is 0 Å². The molecule has 0 unspecified atom stereocenters. The Morgan fingerprint density at radius 2 is 1.72 bits per heavy atom. The standard InChI is InChI=1S/C26H21F3N6O/c1-36-21-10-6-19(7-11-21)23-33-24(31-14-18-3-2-12-30-13-18)22-25(34-23)35(16-32-22)15-17-4-8-20(9-5-17)26(27,28)29/h2-13,16H,14-15H2,1H3,(H,31,33,34). The van der Waals surface area contributed by atoms with Crippen LogP contribution in [0.25, 0.3) is 22.6 Å². The van der Waals surface area contributed by atoms with E-state index >= 15 is 0 Å². The normalized spacial score (nSPS) is 11.6. The molecule has 0 fully saturated rings. The molecule has 0 bridgehead atoms. The number of ether oxygens (including phenoxy) is 1. The number of nitrogens with zero attached hydrogens (tertiary/aromatic N) is 5. The number of methoxy groups -OCH3 is 1. The Bertz CT molecular complexity index is 1470. The Morgan fingerprint density at radius 3 is 2.39 bits per heavy atom. The van der Waals surface area contributed by atoms with Crippen molar-refractivity contribution in [2.45, 2.75) is 19.3 Å². The monoisotopic (exact) mass is 490 g/mol. The third kappa shape index (κ3) is 4.97. The lowest BCUT2D eigenvalue weighted by molar-refractivity contribution is -0.137. The van der Waals surface area contributed by atoms with E-state index < -0.39 is 11.7 Å². The molecule has 10 heteroatoms. The van der Waals surface area contributed by atoms with Gasteiger partial charge in [-0.25, -0.2) is 15.0 Å². The molecule has 5 aromatic rings. The number of pyridine rings is 1. The number of hydrogen-bond donors (Lipinski definition) is 1. The second-order valence-electron chi connectivity index (χ2n) is 8.08. The van der Waals surface area contributed by atoms with Crippen LogP contribution in [-0.4, -0.2) is 31.6 Å². The van der Waals surface area contributed by atoms with E-state index in [2.05, 4.69) is 15.3 Å². The summed E-state index contributed by atoms with van der Waals surface area (Å²) >= 11 is 0. The van der Waals surface area contributed by atoms with Crippen molar-refractivity contribution in [3.8, 4) is 17.1 Å². The number of imidazole rings is 1. The highest BCUT2D eigenvalue weighted by Crippen LogP contribution is 2.30. The zero-order valence-corrected chi connectivity index (χ0v) is 19.2. The minimum Gasteiger partial charge on any atom is -0.497 e. The maximum Gasteiger partial charge on any atom is 0.416 e. The number of anilines is 1. The van der Waals surface area contributed by atoms with Gasteiger partial charge in [0, 0.05) is 24.5 Å². The summed E-state index contributed by atoms with van der Waals surface area (Å²) in [5.41, 5.74) is 2.88. The Hall–Kier alpha value is -4.47. The zero-order chi connectivity index (χ0) is 25.1. The van der Waals surface area contributed by atoms with Gasteiger partial charge in [0.2, 0.25) is 0 Å². The molecule has 182 valence electrons. The zero-order valence-electron chi connectivity index (χ0n) is 19.2. The van der Waals surface area contributed by atoms with Gasteiger partial charge >= 0.3 is 6.18 Å². The molecule has 36 heavy (non-hydrogen) atoms. The second-order valence-corrected chi connectivity index (χ2v) is 8.08. The molecule has 0 saturated heterocycles. The van der Waals surface area contributed by atoms with E-state index in [0.717, 1.165) is 23.3 Å². The van der Waals surface area contributed by atoms with Crippen molar-refractivity contribution in [3.05, 3.63) is 96.1 Å². The van der Waals surface area contributed by atoms with Gasteiger partial charge in [-0.2, -0.15) is 13.2 Å². The summed E-state index contributed by atoms with van der Waals surface area (Å²) in [6.07, 6.45) is 0.704. The van der Waals surface area contributed by atoms with Gasteiger partial charge in [0.05, 0.1) is 25.5 Å². The molecule has 5 rings (SSSR count). The summed E-state index contributed by atoms with van der Waals surface area (Å²) in [5, 5.41) is 3.32. The number of rotatable bonds is 7. The highest BCUT2D eigenvalue weighted by molar-refractivity contribution is 5.85. The summed E-state index contributed by atoms with van der Waals surface area (Å²) in [6.45, 7) is 0.781. The molecule has 0 aliphatic heterocycles. The van der Waals surface area contributed by atoms with Gasteiger partial charge in [-0.15, -0.1) is 0 Å². The average molecular weight is 490 g/mol. The minimum absolute atomic E-state index is 0.301. The number of aromatic nitrogens is 5. The maximum atomic E-state index is 12.9. The quantitative estimate of drug-likeness (QED) is 0.321. The fourth-order valence-electron chi connectivity index (χ4n) is 3.74. The fraction of sp³-hybridized carbons (Fsp3) is 0.154. The van der Waals surface area contributed by atoms with Crippen LogP contribution in [-0.2, 0) is 19.3 Å². The molecular formula is C26H21F3N6O. The van der Waals surface area contributed by atoms with Crippen LogP contribution in [0, 0.1) is 0 Å². The predicted molar refractivity (Wildman–Crippen MR) is 129 cm³/mol. The van der Waals surface area contributed by atoms with Crippen LogP contribution < -0.4 is 10.1 Å². The van der Waals surface area contributed by atoms with Gasteiger partial charge in [0.15, 0.2) is 17.3 Å². The Labute approximate surface area is 204 Å². The van der Waals surface area contributed by atoms with Gasteiger partial charge in [-0.1, -0.05) is 18.2 Å². The first kappa shape index (κ1) is 23.3. The summed E-state index contributed by atoms with van der Waals surface area (Å²) in [7, 11) is 1.60. The molecule has 0 spiro atoms. The van der Waals surface area contributed by atoms with Crippen LogP contribution in [0.2, 0.25) is 0 Å². The summed E-state index contributed by atoms with van der Waals surface area (Å²) in [4.78, 5) is 18.1. The van der Waals surface area contributed by atoms with E-state index in [4.69, 9.17) is 14.7 Å². The van der Waals surface area contributed by atoms with Crippen LogP contribution in [0.3, 0.4) is 0 Å². The molecule has 0 radical (unpaired) electrons.